The molecule has 0 aliphatic rings. The summed E-state index contributed by atoms with van der Waals surface area (Å²) in [6.45, 7) is 3.00. The first-order chi connectivity index (χ1) is 4.41. The van der Waals surface area contributed by atoms with Gasteiger partial charge in [0.05, 0.1) is 6.34 Å². The first-order valence-corrected chi connectivity index (χ1v) is 3.17. The summed E-state index contributed by atoms with van der Waals surface area (Å²) in [7, 11) is 1.75. The third-order valence-electron chi connectivity index (χ3n) is 0.911. The molecule has 0 aromatic rings. The molecule has 0 amide bonds. The van der Waals surface area contributed by atoms with Gasteiger partial charge in [-0.3, -0.25) is 4.99 Å². The number of nitrogens with one attached hydrogen (secondary N) is 1. The van der Waals surface area contributed by atoms with Crippen molar-refractivity contribution < 1.29 is 0 Å². The molecule has 0 aromatic carbocycles. The topological polar surface area (TPSA) is 24.4 Å². The molecule has 0 rings (SSSR count). The minimum atomic E-state index is 0.974. The van der Waals surface area contributed by atoms with Crippen molar-refractivity contribution in [2.24, 2.45) is 4.99 Å². The second-order valence-electron chi connectivity index (χ2n) is 1.70. The van der Waals surface area contributed by atoms with Crippen LogP contribution in [0.1, 0.15) is 13.3 Å². The van der Waals surface area contributed by atoms with E-state index in [1.54, 1.807) is 13.4 Å². The monoisotopic (exact) mass is 126 g/mol. The van der Waals surface area contributed by atoms with Gasteiger partial charge in [0, 0.05) is 13.6 Å². The summed E-state index contributed by atoms with van der Waals surface area (Å²) in [4.78, 5) is 3.77. The predicted octanol–water partition coefficient (Wildman–Crippen LogP) is 1.20. The Kier molecular flexibility index (Phi) is 6.58. The highest BCUT2D eigenvalue weighted by molar-refractivity contribution is 5.53. The molecule has 0 aliphatic heterocycles. The fourth-order valence-electron chi connectivity index (χ4n) is 0.489. The summed E-state index contributed by atoms with van der Waals surface area (Å²) in [5.41, 5.74) is 0. The smallest absolute Gasteiger partial charge is 0.0820 e. The van der Waals surface area contributed by atoms with Crippen molar-refractivity contribution in [2.75, 3.05) is 13.6 Å². The fraction of sp³-hybridized carbons (Fsp3) is 0.571. The summed E-state index contributed by atoms with van der Waals surface area (Å²) >= 11 is 0. The summed E-state index contributed by atoms with van der Waals surface area (Å²) < 4.78 is 0. The van der Waals surface area contributed by atoms with Crippen LogP contribution in [0.15, 0.2) is 17.1 Å². The van der Waals surface area contributed by atoms with Crippen molar-refractivity contribution in [1.29, 1.82) is 0 Å². The molecule has 0 aromatic heterocycles. The van der Waals surface area contributed by atoms with Gasteiger partial charge in [0.1, 0.15) is 0 Å². The molecule has 0 saturated carbocycles. The van der Waals surface area contributed by atoms with Crippen LogP contribution in [0.4, 0.5) is 0 Å². The minimum absolute atomic E-state index is 0.974. The van der Waals surface area contributed by atoms with Gasteiger partial charge in [0.15, 0.2) is 0 Å². The average molecular weight is 126 g/mol. The van der Waals surface area contributed by atoms with Crippen LogP contribution in [0.25, 0.3) is 0 Å². The van der Waals surface area contributed by atoms with E-state index in [9.17, 15) is 0 Å². The highest BCUT2D eigenvalue weighted by atomic mass is 14.9. The fourth-order valence-corrected chi connectivity index (χ4v) is 0.489. The van der Waals surface area contributed by atoms with Gasteiger partial charge in [-0.15, -0.1) is 0 Å². The number of rotatable bonds is 4. The van der Waals surface area contributed by atoms with Crippen molar-refractivity contribution in [2.45, 2.75) is 13.3 Å². The molecule has 0 radical (unpaired) electrons. The summed E-state index contributed by atoms with van der Waals surface area (Å²) in [5, 5.41) is 3.03. The SMILES string of the molecule is C/C=C\CCNC=NC. The molecule has 0 unspecified atom stereocenters. The minimum Gasteiger partial charge on any atom is -0.376 e. The summed E-state index contributed by atoms with van der Waals surface area (Å²) in [6, 6.07) is 0. The molecule has 52 valence electrons. The third kappa shape index (κ3) is 7.21. The molecule has 0 fully saturated rings. The molecule has 0 aliphatic carbocycles. The molecule has 0 saturated heterocycles. The van der Waals surface area contributed by atoms with Crippen molar-refractivity contribution in [3.63, 3.8) is 0 Å². The Morgan fingerprint density at radius 1 is 1.56 bits per heavy atom. The van der Waals surface area contributed by atoms with Crippen molar-refractivity contribution in [1.82, 2.24) is 5.32 Å². The van der Waals surface area contributed by atoms with Crippen LogP contribution >= 0.6 is 0 Å². The van der Waals surface area contributed by atoms with Crippen LogP contribution in [0.2, 0.25) is 0 Å². The second-order valence-corrected chi connectivity index (χ2v) is 1.70. The van der Waals surface area contributed by atoms with Gasteiger partial charge in [0.25, 0.3) is 0 Å². The second kappa shape index (κ2) is 7.21. The van der Waals surface area contributed by atoms with E-state index in [2.05, 4.69) is 16.4 Å². The zero-order valence-corrected chi connectivity index (χ0v) is 6.09. The van der Waals surface area contributed by atoms with Crippen molar-refractivity contribution in [3.8, 4) is 0 Å². The van der Waals surface area contributed by atoms with Crippen LogP contribution < -0.4 is 5.32 Å². The molecule has 1 N–H and O–H groups in total. The Labute approximate surface area is 56.7 Å². The number of allylic oxidation sites excluding steroid dienone is 1. The lowest BCUT2D eigenvalue weighted by atomic mass is 10.4. The van der Waals surface area contributed by atoms with Gasteiger partial charge in [-0.05, 0) is 13.3 Å². The van der Waals surface area contributed by atoms with Gasteiger partial charge in [0.2, 0.25) is 0 Å². The molecular formula is C7H14N2. The van der Waals surface area contributed by atoms with Crippen molar-refractivity contribution in [3.05, 3.63) is 12.2 Å². The largest absolute Gasteiger partial charge is 0.376 e. The Hall–Kier alpha value is -0.790. The molecule has 0 bridgehead atoms. The van der Waals surface area contributed by atoms with E-state index in [0.29, 0.717) is 0 Å². The van der Waals surface area contributed by atoms with Gasteiger partial charge in [-0.25, -0.2) is 0 Å². The first kappa shape index (κ1) is 8.21. The zero-order chi connectivity index (χ0) is 6.95. The molecule has 2 heteroatoms. The Morgan fingerprint density at radius 3 is 2.89 bits per heavy atom. The number of nitrogens with zero attached hydrogens (tertiary/aromatic N) is 1. The van der Waals surface area contributed by atoms with E-state index in [0.717, 1.165) is 13.0 Å². The standard InChI is InChI=1S/C7H14N2/c1-3-4-5-6-9-7-8-2/h3-4,7H,5-6H2,1-2H3,(H,8,9)/b4-3-. The molecular weight excluding hydrogens is 112 g/mol. The third-order valence-corrected chi connectivity index (χ3v) is 0.911. The lowest BCUT2D eigenvalue weighted by Crippen LogP contribution is -2.11. The molecule has 0 heterocycles. The van der Waals surface area contributed by atoms with E-state index >= 15 is 0 Å². The lowest BCUT2D eigenvalue weighted by molar-refractivity contribution is 0.901. The van der Waals surface area contributed by atoms with Crippen LogP contribution in [-0.4, -0.2) is 19.9 Å². The number of aliphatic imine (C=N–C) groups is 1. The molecule has 2 nitrogen and oxygen atoms in total. The summed E-state index contributed by atoms with van der Waals surface area (Å²) in [6.07, 6.45) is 6.95. The van der Waals surface area contributed by atoms with E-state index in [1.165, 1.54) is 0 Å². The van der Waals surface area contributed by atoms with Gasteiger partial charge < -0.3 is 5.32 Å². The van der Waals surface area contributed by atoms with Crippen LogP contribution in [-0.2, 0) is 0 Å². The normalized spacial score (nSPS) is 11.3. The highest BCUT2D eigenvalue weighted by Gasteiger charge is 1.73. The van der Waals surface area contributed by atoms with Gasteiger partial charge in [-0.1, -0.05) is 12.2 Å². The lowest BCUT2D eigenvalue weighted by Gasteiger charge is -1.92. The average Bonchev–Trinajstić information content (AvgIpc) is 1.89. The van der Waals surface area contributed by atoms with Gasteiger partial charge in [-0.2, -0.15) is 0 Å². The van der Waals surface area contributed by atoms with E-state index < -0.39 is 0 Å². The zero-order valence-electron chi connectivity index (χ0n) is 6.09. The summed E-state index contributed by atoms with van der Waals surface area (Å²) in [5.74, 6) is 0. The number of hydrogen-bond donors (Lipinski definition) is 1. The molecule has 9 heavy (non-hydrogen) atoms. The maximum atomic E-state index is 3.77. The maximum absolute atomic E-state index is 3.77. The molecule has 0 spiro atoms. The Balaban J connectivity index is 2.91. The van der Waals surface area contributed by atoms with Crippen LogP contribution in [0, 0.1) is 0 Å². The first-order valence-electron chi connectivity index (χ1n) is 3.17. The van der Waals surface area contributed by atoms with Crippen LogP contribution in [0.3, 0.4) is 0 Å². The van der Waals surface area contributed by atoms with Crippen LogP contribution in [0.5, 0.6) is 0 Å². The Bertz CT molecular complexity index is 83.1. The van der Waals surface area contributed by atoms with E-state index in [-0.39, 0.29) is 0 Å². The number of hydrogen-bond acceptors (Lipinski definition) is 1. The van der Waals surface area contributed by atoms with Gasteiger partial charge >= 0.3 is 0 Å². The quantitative estimate of drug-likeness (QED) is 0.260. The highest BCUT2D eigenvalue weighted by Crippen LogP contribution is 1.76. The van der Waals surface area contributed by atoms with Crippen molar-refractivity contribution >= 4 is 6.34 Å². The van der Waals surface area contributed by atoms with E-state index in [4.69, 9.17) is 0 Å². The maximum Gasteiger partial charge on any atom is 0.0820 e. The Morgan fingerprint density at radius 2 is 2.33 bits per heavy atom. The van der Waals surface area contributed by atoms with E-state index in [1.807, 2.05) is 13.0 Å². The molecule has 0 atom stereocenters. The predicted molar refractivity (Wildman–Crippen MR) is 41.8 cm³/mol.